The molecule has 1 heterocycles. The predicted octanol–water partition coefficient (Wildman–Crippen LogP) is 2.18. The van der Waals surface area contributed by atoms with Crippen LogP contribution in [0.15, 0.2) is 35.4 Å². The highest BCUT2D eigenvalue weighted by molar-refractivity contribution is 7.89. The second-order valence-electron chi connectivity index (χ2n) is 5.44. The van der Waals surface area contributed by atoms with Crippen LogP contribution in [-0.2, 0) is 10.0 Å². The molecule has 0 radical (unpaired) electrons. The molecule has 0 aliphatic carbocycles. The second kappa shape index (κ2) is 7.52. The number of anilines is 1. The van der Waals surface area contributed by atoms with Crippen molar-refractivity contribution in [2.45, 2.75) is 32.1 Å². The van der Waals surface area contributed by atoms with Crippen LogP contribution in [0.2, 0.25) is 0 Å². The highest BCUT2D eigenvalue weighted by atomic mass is 32.2. The van der Waals surface area contributed by atoms with Crippen LogP contribution < -0.4 is 10.0 Å². The van der Waals surface area contributed by atoms with E-state index < -0.39 is 10.0 Å². The Bertz CT molecular complexity index is 758. The van der Waals surface area contributed by atoms with Gasteiger partial charge in [0.05, 0.1) is 16.3 Å². The fourth-order valence-electron chi connectivity index (χ4n) is 2.01. The number of hydrogen-bond acceptors (Lipinski definition) is 5. The van der Waals surface area contributed by atoms with Crippen LogP contribution in [-0.4, -0.2) is 31.5 Å². The Balaban J connectivity index is 1.81. The van der Waals surface area contributed by atoms with E-state index in [2.05, 4.69) is 20.0 Å². The molecule has 23 heavy (non-hydrogen) atoms. The maximum Gasteiger partial charge on any atom is 0.240 e. The van der Waals surface area contributed by atoms with Crippen molar-refractivity contribution in [1.82, 2.24) is 14.7 Å². The standard InChI is InChI=1S/C16H22N4O2S/c1-12-5-7-15(8-6-12)23(21,22)19-10-4-9-17-16-14(3)18-11-13(2)20-16/h5-8,11,19H,4,9-10H2,1-3H3,(H,17,20). The van der Waals surface area contributed by atoms with Crippen molar-refractivity contribution in [1.29, 1.82) is 0 Å². The fraction of sp³-hybridized carbons (Fsp3) is 0.375. The molecule has 0 aliphatic heterocycles. The molecule has 2 rings (SSSR count). The van der Waals surface area contributed by atoms with E-state index in [0.29, 0.717) is 19.5 Å². The van der Waals surface area contributed by atoms with Crippen LogP contribution in [0.5, 0.6) is 0 Å². The van der Waals surface area contributed by atoms with Gasteiger partial charge < -0.3 is 5.32 Å². The Labute approximate surface area is 137 Å². The average Bonchev–Trinajstić information content (AvgIpc) is 2.50. The molecule has 0 aliphatic rings. The largest absolute Gasteiger partial charge is 0.369 e. The van der Waals surface area contributed by atoms with Crippen LogP contribution in [0, 0.1) is 20.8 Å². The smallest absolute Gasteiger partial charge is 0.240 e. The Morgan fingerprint density at radius 3 is 2.43 bits per heavy atom. The highest BCUT2D eigenvalue weighted by Crippen LogP contribution is 2.10. The normalized spacial score (nSPS) is 11.4. The number of nitrogens with zero attached hydrogens (tertiary/aromatic N) is 2. The third kappa shape index (κ3) is 5.01. The Morgan fingerprint density at radius 1 is 1.04 bits per heavy atom. The molecule has 0 unspecified atom stereocenters. The minimum Gasteiger partial charge on any atom is -0.369 e. The van der Waals surface area contributed by atoms with Crippen molar-refractivity contribution in [2.24, 2.45) is 0 Å². The summed E-state index contributed by atoms with van der Waals surface area (Å²) in [5.41, 5.74) is 2.71. The zero-order valence-corrected chi connectivity index (χ0v) is 14.4. The zero-order valence-electron chi connectivity index (χ0n) is 13.6. The molecule has 2 aromatic rings. The predicted molar refractivity (Wildman–Crippen MR) is 91.0 cm³/mol. The van der Waals surface area contributed by atoms with Crippen LogP contribution in [0.4, 0.5) is 5.82 Å². The molecular formula is C16H22N4O2S. The van der Waals surface area contributed by atoms with Gasteiger partial charge in [-0.15, -0.1) is 0 Å². The molecule has 6 nitrogen and oxygen atoms in total. The molecule has 0 spiro atoms. The Kier molecular flexibility index (Phi) is 5.68. The summed E-state index contributed by atoms with van der Waals surface area (Å²) in [4.78, 5) is 8.88. The lowest BCUT2D eigenvalue weighted by Crippen LogP contribution is -2.26. The number of aryl methyl sites for hydroxylation is 3. The third-order valence-electron chi connectivity index (χ3n) is 3.35. The van der Waals surface area contributed by atoms with Crippen molar-refractivity contribution in [3.05, 3.63) is 47.4 Å². The summed E-state index contributed by atoms with van der Waals surface area (Å²) in [5.74, 6) is 0.742. The monoisotopic (exact) mass is 334 g/mol. The summed E-state index contributed by atoms with van der Waals surface area (Å²) >= 11 is 0. The molecule has 1 aromatic carbocycles. The van der Waals surface area contributed by atoms with Crippen molar-refractivity contribution in [3.63, 3.8) is 0 Å². The first kappa shape index (κ1) is 17.4. The number of benzene rings is 1. The summed E-state index contributed by atoms with van der Waals surface area (Å²) in [5, 5.41) is 3.18. The fourth-order valence-corrected chi connectivity index (χ4v) is 3.08. The second-order valence-corrected chi connectivity index (χ2v) is 7.20. The molecule has 0 atom stereocenters. The highest BCUT2D eigenvalue weighted by Gasteiger charge is 2.12. The van der Waals surface area contributed by atoms with Gasteiger partial charge in [0.2, 0.25) is 10.0 Å². The van der Waals surface area contributed by atoms with Gasteiger partial charge in [0.15, 0.2) is 0 Å². The molecule has 0 saturated carbocycles. The van der Waals surface area contributed by atoms with E-state index in [9.17, 15) is 8.42 Å². The van der Waals surface area contributed by atoms with Crippen LogP contribution in [0.1, 0.15) is 23.4 Å². The van der Waals surface area contributed by atoms with Gasteiger partial charge in [-0.1, -0.05) is 17.7 Å². The van der Waals surface area contributed by atoms with Gasteiger partial charge in [0.1, 0.15) is 5.82 Å². The van der Waals surface area contributed by atoms with Gasteiger partial charge in [0.25, 0.3) is 0 Å². The van der Waals surface area contributed by atoms with Gasteiger partial charge in [-0.2, -0.15) is 0 Å². The van der Waals surface area contributed by atoms with Crippen molar-refractivity contribution in [2.75, 3.05) is 18.4 Å². The first-order chi connectivity index (χ1) is 10.9. The maximum absolute atomic E-state index is 12.1. The number of nitrogens with one attached hydrogen (secondary N) is 2. The maximum atomic E-state index is 12.1. The lowest BCUT2D eigenvalue weighted by atomic mass is 10.2. The molecule has 0 saturated heterocycles. The Morgan fingerprint density at radius 2 is 1.74 bits per heavy atom. The Hall–Kier alpha value is -1.99. The molecule has 7 heteroatoms. The summed E-state index contributed by atoms with van der Waals surface area (Å²) in [6, 6.07) is 6.80. The molecule has 124 valence electrons. The van der Waals surface area contributed by atoms with Crippen molar-refractivity contribution >= 4 is 15.8 Å². The summed E-state index contributed by atoms with van der Waals surface area (Å²) in [7, 11) is -3.44. The average molecular weight is 334 g/mol. The number of hydrogen-bond donors (Lipinski definition) is 2. The third-order valence-corrected chi connectivity index (χ3v) is 4.82. The van der Waals surface area contributed by atoms with E-state index >= 15 is 0 Å². The topological polar surface area (TPSA) is 84.0 Å². The van der Waals surface area contributed by atoms with E-state index in [1.807, 2.05) is 20.8 Å². The van der Waals surface area contributed by atoms with Crippen LogP contribution >= 0.6 is 0 Å². The molecule has 0 amide bonds. The van der Waals surface area contributed by atoms with Gasteiger partial charge in [-0.05, 0) is 39.3 Å². The van der Waals surface area contributed by atoms with E-state index in [0.717, 1.165) is 22.8 Å². The molecule has 2 N–H and O–H groups in total. The van der Waals surface area contributed by atoms with Gasteiger partial charge in [0, 0.05) is 19.3 Å². The SMILES string of the molecule is Cc1ccc(S(=O)(=O)NCCCNc2nc(C)cnc2C)cc1. The summed E-state index contributed by atoms with van der Waals surface area (Å²) in [6.07, 6.45) is 2.37. The minimum absolute atomic E-state index is 0.288. The lowest BCUT2D eigenvalue weighted by Gasteiger charge is -2.10. The number of sulfonamides is 1. The summed E-state index contributed by atoms with van der Waals surface area (Å²) in [6.45, 7) is 6.67. The molecule has 0 bridgehead atoms. The van der Waals surface area contributed by atoms with Crippen molar-refractivity contribution < 1.29 is 8.42 Å². The minimum atomic E-state index is -3.44. The van der Waals surface area contributed by atoms with E-state index in [1.165, 1.54) is 0 Å². The summed E-state index contributed by atoms with van der Waals surface area (Å²) < 4.78 is 26.8. The van der Waals surface area contributed by atoms with Gasteiger partial charge in [-0.3, -0.25) is 4.98 Å². The van der Waals surface area contributed by atoms with Gasteiger partial charge in [-0.25, -0.2) is 18.1 Å². The lowest BCUT2D eigenvalue weighted by molar-refractivity contribution is 0.580. The van der Waals surface area contributed by atoms with Crippen molar-refractivity contribution in [3.8, 4) is 0 Å². The zero-order chi connectivity index (χ0) is 16.9. The number of rotatable bonds is 7. The van der Waals surface area contributed by atoms with E-state index in [-0.39, 0.29) is 4.90 Å². The molecule has 1 aromatic heterocycles. The quantitative estimate of drug-likeness (QED) is 0.758. The first-order valence-corrected chi connectivity index (χ1v) is 8.97. The van der Waals surface area contributed by atoms with Crippen LogP contribution in [0.3, 0.4) is 0 Å². The van der Waals surface area contributed by atoms with Gasteiger partial charge >= 0.3 is 0 Å². The van der Waals surface area contributed by atoms with E-state index in [1.54, 1.807) is 30.5 Å². The molecular weight excluding hydrogens is 312 g/mol. The van der Waals surface area contributed by atoms with E-state index in [4.69, 9.17) is 0 Å². The number of aromatic nitrogens is 2. The van der Waals surface area contributed by atoms with Crippen LogP contribution in [0.25, 0.3) is 0 Å². The first-order valence-electron chi connectivity index (χ1n) is 7.49. The molecule has 0 fully saturated rings.